The maximum Gasteiger partial charge on any atom is 0.123 e. The third kappa shape index (κ3) is 2.99. The summed E-state index contributed by atoms with van der Waals surface area (Å²) >= 11 is 3.53. The van der Waals surface area contributed by atoms with Crippen molar-refractivity contribution >= 4 is 26.7 Å². The van der Waals surface area contributed by atoms with Crippen molar-refractivity contribution in [1.29, 1.82) is 0 Å². The number of fused-ring (bicyclic) bond motifs is 1. The van der Waals surface area contributed by atoms with Crippen molar-refractivity contribution in [3.8, 4) is 0 Å². The van der Waals surface area contributed by atoms with Crippen LogP contribution in [0.4, 0.5) is 4.39 Å². The third-order valence-corrected chi connectivity index (χ3v) is 4.27. The van der Waals surface area contributed by atoms with Crippen molar-refractivity contribution in [2.75, 3.05) is 0 Å². The van der Waals surface area contributed by atoms with Gasteiger partial charge >= 0.3 is 0 Å². The fraction of sp³-hybridized carbons (Fsp3) is 0.111. The van der Waals surface area contributed by atoms with Gasteiger partial charge in [-0.2, -0.15) is 0 Å². The summed E-state index contributed by atoms with van der Waals surface area (Å²) in [5, 5.41) is 12.6. The Labute approximate surface area is 131 Å². The smallest absolute Gasteiger partial charge is 0.123 e. The summed E-state index contributed by atoms with van der Waals surface area (Å²) < 4.78 is 14.2. The zero-order valence-corrected chi connectivity index (χ0v) is 12.8. The highest BCUT2D eigenvalue weighted by Crippen LogP contribution is 2.31. The topological polar surface area (TPSA) is 20.2 Å². The maximum absolute atomic E-state index is 13.2. The van der Waals surface area contributed by atoms with Gasteiger partial charge in [-0.15, -0.1) is 0 Å². The van der Waals surface area contributed by atoms with Crippen molar-refractivity contribution in [3.05, 3.63) is 82.1 Å². The molecule has 0 amide bonds. The lowest BCUT2D eigenvalue weighted by atomic mass is 9.96. The molecule has 0 heterocycles. The molecule has 0 aliphatic rings. The van der Waals surface area contributed by atoms with E-state index in [0.717, 1.165) is 26.4 Å². The van der Waals surface area contributed by atoms with Crippen LogP contribution >= 0.6 is 15.9 Å². The van der Waals surface area contributed by atoms with Crippen LogP contribution in [0.1, 0.15) is 17.2 Å². The van der Waals surface area contributed by atoms with Gasteiger partial charge in [0.05, 0.1) is 6.10 Å². The zero-order valence-electron chi connectivity index (χ0n) is 11.3. The SMILES string of the molecule is OC(Cc1cccc(F)c1)c1ccc(Br)c2ccccc12. The monoisotopic (exact) mass is 344 g/mol. The minimum absolute atomic E-state index is 0.277. The van der Waals surface area contributed by atoms with Crippen LogP contribution in [0.3, 0.4) is 0 Å². The molecule has 1 N–H and O–H groups in total. The van der Waals surface area contributed by atoms with Gasteiger partial charge in [-0.1, -0.05) is 58.4 Å². The molecule has 21 heavy (non-hydrogen) atoms. The molecule has 106 valence electrons. The lowest BCUT2D eigenvalue weighted by molar-refractivity contribution is 0.180. The van der Waals surface area contributed by atoms with E-state index in [1.165, 1.54) is 12.1 Å². The summed E-state index contributed by atoms with van der Waals surface area (Å²) in [4.78, 5) is 0. The van der Waals surface area contributed by atoms with Gasteiger partial charge in [-0.3, -0.25) is 0 Å². The Balaban J connectivity index is 1.98. The minimum atomic E-state index is -0.662. The summed E-state index contributed by atoms with van der Waals surface area (Å²) in [6, 6.07) is 18.1. The van der Waals surface area contributed by atoms with Crippen LogP contribution in [0, 0.1) is 5.82 Å². The fourth-order valence-corrected chi connectivity index (χ4v) is 3.05. The molecule has 0 bridgehead atoms. The number of halogens is 2. The first-order valence-corrected chi connectivity index (χ1v) is 7.54. The van der Waals surface area contributed by atoms with Gasteiger partial charge in [0, 0.05) is 10.9 Å². The first-order valence-electron chi connectivity index (χ1n) is 6.75. The van der Waals surface area contributed by atoms with E-state index < -0.39 is 6.10 Å². The number of benzene rings is 3. The Bertz CT molecular complexity index is 785. The molecule has 3 rings (SSSR count). The molecular formula is C18H14BrFO. The van der Waals surface area contributed by atoms with Crippen molar-refractivity contribution in [2.45, 2.75) is 12.5 Å². The van der Waals surface area contributed by atoms with Gasteiger partial charge < -0.3 is 5.11 Å². The Morgan fingerprint density at radius 2 is 1.71 bits per heavy atom. The molecular weight excluding hydrogens is 331 g/mol. The van der Waals surface area contributed by atoms with Crippen molar-refractivity contribution < 1.29 is 9.50 Å². The Hall–Kier alpha value is -1.71. The number of rotatable bonds is 3. The first-order chi connectivity index (χ1) is 10.1. The van der Waals surface area contributed by atoms with Crippen molar-refractivity contribution in [3.63, 3.8) is 0 Å². The molecule has 1 nitrogen and oxygen atoms in total. The summed E-state index contributed by atoms with van der Waals surface area (Å²) in [6.45, 7) is 0. The van der Waals surface area contributed by atoms with Crippen molar-refractivity contribution in [1.82, 2.24) is 0 Å². The molecule has 1 unspecified atom stereocenters. The largest absolute Gasteiger partial charge is 0.388 e. The highest BCUT2D eigenvalue weighted by atomic mass is 79.9. The minimum Gasteiger partial charge on any atom is -0.388 e. The fourth-order valence-electron chi connectivity index (χ4n) is 2.57. The third-order valence-electron chi connectivity index (χ3n) is 3.58. The molecule has 0 radical (unpaired) electrons. The molecule has 3 aromatic carbocycles. The first kappa shape index (κ1) is 14.2. The van der Waals surface area contributed by atoms with Crippen LogP contribution in [0.5, 0.6) is 0 Å². The van der Waals surface area contributed by atoms with E-state index in [1.807, 2.05) is 42.5 Å². The standard InChI is InChI=1S/C18H14BrFO/c19-17-9-8-16(14-6-1-2-7-15(14)17)18(21)11-12-4-3-5-13(20)10-12/h1-10,18,21H,11H2. The van der Waals surface area contributed by atoms with Gasteiger partial charge in [0.1, 0.15) is 5.82 Å². The number of hydrogen-bond acceptors (Lipinski definition) is 1. The predicted molar refractivity (Wildman–Crippen MR) is 86.7 cm³/mol. The van der Waals surface area contributed by atoms with Gasteiger partial charge in [0.15, 0.2) is 0 Å². The van der Waals surface area contributed by atoms with Crippen LogP contribution in [-0.4, -0.2) is 5.11 Å². The molecule has 0 fully saturated rings. The molecule has 1 atom stereocenters. The lowest BCUT2D eigenvalue weighted by Gasteiger charge is -2.15. The van der Waals surface area contributed by atoms with Crippen LogP contribution in [-0.2, 0) is 6.42 Å². The molecule has 0 aromatic heterocycles. The molecule has 3 aromatic rings. The number of aliphatic hydroxyl groups is 1. The highest BCUT2D eigenvalue weighted by Gasteiger charge is 2.13. The number of aliphatic hydroxyl groups excluding tert-OH is 1. The van der Waals surface area contributed by atoms with Gasteiger partial charge in [-0.25, -0.2) is 4.39 Å². The average Bonchev–Trinajstić information content (AvgIpc) is 2.48. The predicted octanol–water partition coefficient (Wildman–Crippen LogP) is 5.02. The molecule has 0 aliphatic carbocycles. The van der Waals surface area contributed by atoms with Gasteiger partial charge in [0.2, 0.25) is 0 Å². The van der Waals surface area contributed by atoms with E-state index in [-0.39, 0.29) is 5.82 Å². The normalized spacial score (nSPS) is 12.5. The Morgan fingerprint density at radius 1 is 0.952 bits per heavy atom. The molecule has 3 heteroatoms. The van der Waals surface area contributed by atoms with Gasteiger partial charge in [-0.05, 0) is 40.1 Å². The zero-order chi connectivity index (χ0) is 14.8. The van der Waals surface area contributed by atoms with E-state index >= 15 is 0 Å². The van der Waals surface area contributed by atoms with E-state index in [4.69, 9.17) is 0 Å². The highest BCUT2D eigenvalue weighted by molar-refractivity contribution is 9.10. The lowest BCUT2D eigenvalue weighted by Crippen LogP contribution is -2.03. The quantitative estimate of drug-likeness (QED) is 0.707. The van der Waals surface area contributed by atoms with Crippen LogP contribution in [0.25, 0.3) is 10.8 Å². The van der Waals surface area contributed by atoms with E-state index in [2.05, 4.69) is 15.9 Å². The van der Waals surface area contributed by atoms with Crippen LogP contribution in [0.2, 0.25) is 0 Å². The summed E-state index contributed by atoms with van der Waals surface area (Å²) in [5.74, 6) is -0.277. The van der Waals surface area contributed by atoms with E-state index in [0.29, 0.717) is 6.42 Å². The van der Waals surface area contributed by atoms with Gasteiger partial charge in [0.25, 0.3) is 0 Å². The second-order valence-corrected chi connectivity index (χ2v) is 5.89. The summed E-state index contributed by atoms with van der Waals surface area (Å²) in [6.07, 6.45) is -0.270. The molecule has 0 aliphatic heterocycles. The van der Waals surface area contributed by atoms with E-state index in [9.17, 15) is 9.50 Å². The second kappa shape index (κ2) is 5.96. The van der Waals surface area contributed by atoms with Crippen LogP contribution in [0.15, 0.2) is 65.1 Å². The second-order valence-electron chi connectivity index (χ2n) is 5.03. The van der Waals surface area contributed by atoms with E-state index in [1.54, 1.807) is 6.07 Å². The van der Waals surface area contributed by atoms with Crippen molar-refractivity contribution in [2.24, 2.45) is 0 Å². The average molecular weight is 345 g/mol. The number of hydrogen-bond donors (Lipinski definition) is 1. The van der Waals surface area contributed by atoms with Crippen LogP contribution < -0.4 is 0 Å². The summed E-state index contributed by atoms with van der Waals surface area (Å²) in [7, 11) is 0. The summed E-state index contributed by atoms with van der Waals surface area (Å²) in [5.41, 5.74) is 1.65. The molecule has 0 saturated carbocycles. The maximum atomic E-state index is 13.2. The Kier molecular flexibility index (Phi) is 4.04. The molecule has 0 spiro atoms. The Morgan fingerprint density at radius 3 is 2.48 bits per heavy atom. The molecule has 0 saturated heterocycles.